The second-order valence-electron chi connectivity index (χ2n) is 5.43. The van der Waals surface area contributed by atoms with Gasteiger partial charge in [-0.2, -0.15) is 10.4 Å². The fourth-order valence-corrected chi connectivity index (χ4v) is 2.90. The van der Waals surface area contributed by atoms with E-state index in [9.17, 15) is 10.4 Å². The Kier molecular flexibility index (Phi) is 4.70. The number of thioether (sulfide) groups is 1. The predicted molar refractivity (Wildman–Crippen MR) is 96.1 cm³/mol. The van der Waals surface area contributed by atoms with Crippen LogP contribution in [0.15, 0.2) is 59.5 Å². The molecule has 0 fully saturated rings. The fourth-order valence-electron chi connectivity index (χ4n) is 2.49. The van der Waals surface area contributed by atoms with E-state index in [2.05, 4.69) is 23.3 Å². The standard InChI is InChI=1S/C19H17N3OS/c1-13(23)14-3-7-17(8-4-14)22-19(11-16(12-20)21-22)15-5-9-18(24-2)10-6-15/h3-11,13,23H,1-2H3. The van der Waals surface area contributed by atoms with Crippen LogP contribution in [0.1, 0.15) is 24.3 Å². The quantitative estimate of drug-likeness (QED) is 0.726. The van der Waals surface area contributed by atoms with Crippen LogP contribution in [0.5, 0.6) is 0 Å². The number of aliphatic hydroxyl groups is 1. The van der Waals surface area contributed by atoms with Crippen molar-refractivity contribution in [2.45, 2.75) is 17.9 Å². The molecular formula is C19H17N3OS. The molecule has 0 saturated heterocycles. The SMILES string of the molecule is CSc1ccc(-c2cc(C#N)nn2-c2ccc(C(C)O)cc2)cc1. The highest BCUT2D eigenvalue weighted by Crippen LogP contribution is 2.27. The smallest absolute Gasteiger partial charge is 0.163 e. The summed E-state index contributed by atoms with van der Waals surface area (Å²) in [4.78, 5) is 1.19. The summed E-state index contributed by atoms with van der Waals surface area (Å²) in [5.41, 5.74) is 3.94. The highest BCUT2D eigenvalue weighted by molar-refractivity contribution is 7.98. The van der Waals surface area contributed by atoms with Crippen molar-refractivity contribution >= 4 is 11.8 Å². The Balaban J connectivity index is 2.07. The average Bonchev–Trinajstić information content (AvgIpc) is 3.06. The van der Waals surface area contributed by atoms with Crippen molar-refractivity contribution in [2.75, 3.05) is 6.26 Å². The molecule has 0 bridgehead atoms. The number of aromatic nitrogens is 2. The van der Waals surface area contributed by atoms with Crippen LogP contribution < -0.4 is 0 Å². The molecule has 0 amide bonds. The van der Waals surface area contributed by atoms with Gasteiger partial charge in [0.05, 0.1) is 17.5 Å². The Bertz CT molecular complexity index is 874. The van der Waals surface area contributed by atoms with Crippen LogP contribution in [0.25, 0.3) is 16.9 Å². The molecule has 1 aromatic heterocycles. The van der Waals surface area contributed by atoms with Gasteiger partial charge in [-0.15, -0.1) is 11.8 Å². The normalized spacial score (nSPS) is 11.9. The van der Waals surface area contributed by atoms with E-state index >= 15 is 0 Å². The minimum Gasteiger partial charge on any atom is -0.389 e. The second-order valence-corrected chi connectivity index (χ2v) is 6.31. The fraction of sp³-hybridized carbons (Fsp3) is 0.158. The Morgan fingerprint density at radius 3 is 2.33 bits per heavy atom. The molecule has 3 rings (SSSR count). The van der Waals surface area contributed by atoms with Gasteiger partial charge in [0.15, 0.2) is 5.69 Å². The first-order chi connectivity index (χ1) is 11.6. The molecule has 120 valence electrons. The molecule has 1 atom stereocenters. The van der Waals surface area contributed by atoms with Crippen molar-refractivity contribution in [3.63, 3.8) is 0 Å². The first-order valence-electron chi connectivity index (χ1n) is 7.55. The number of hydrogen-bond donors (Lipinski definition) is 1. The van der Waals surface area contributed by atoms with Gasteiger partial charge in [-0.25, -0.2) is 4.68 Å². The lowest BCUT2D eigenvalue weighted by Gasteiger charge is -2.10. The second kappa shape index (κ2) is 6.91. The lowest BCUT2D eigenvalue weighted by Crippen LogP contribution is -2.00. The van der Waals surface area contributed by atoms with Crippen molar-refractivity contribution in [1.82, 2.24) is 9.78 Å². The zero-order valence-electron chi connectivity index (χ0n) is 13.5. The van der Waals surface area contributed by atoms with Gasteiger partial charge in [0.25, 0.3) is 0 Å². The summed E-state index contributed by atoms with van der Waals surface area (Å²) < 4.78 is 1.76. The van der Waals surface area contributed by atoms with Crippen LogP contribution in [0.2, 0.25) is 0 Å². The van der Waals surface area contributed by atoms with E-state index in [1.54, 1.807) is 29.4 Å². The molecule has 0 aliphatic carbocycles. The van der Waals surface area contributed by atoms with Gasteiger partial charge >= 0.3 is 0 Å². The molecule has 24 heavy (non-hydrogen) atoms. The van der Waals surface area contributed by atoms with Crippen LogP contribution in [0.4, 0.5) is 0 Å². The largest absolute Gasteiger partial charge is 0.389 e. The van der Waals surface area contributed by atoms with Crippen LogP contribution in [0, 0.1) is 11.3 Å². The molecule has 0 spiro atoms. The van der Waals surface area contributed by atoms with E-state index in [4.69, 9.17) is 0 Å². The van der Waals surface area contributed by atoms with Crippen LogP contribution in [-0.4, -0.2) is 21.1 Å². The molecule has 3 aromatic rings. The maximum Gasteiger partial charge on any atom is 0.163 e. The minimum absolute atomic E-state index is 0.374. The lowest BCUT2D eigenvalue weighted by atomic mass is 10.1. The Morgan fingerprint density at radius 1 is 1.12 bits per heavy atom. The molecule has 0 aliphatic heterocycles. The first-order valence-corrected chi connectivity index (χ1v) is 8.78. The van der Waals surface area contributed by atoms with Gasteiger partial charge in [0.1, 0.15) is 6.07 Å². The summed E-state index contributed by atoms with van der Waals surface area (Å²) >= 11 is 1.69. The molecule has 4 nitrogen and oxygen atoms in total. The maximum absolute atomic E-state index is 9.64. The van der Waals surface area contributed by atoms with Crippen molar-refractivity contribution in [2.24, 2.45) is 0 Å². The number of rotatable bonds is 4. The van der Waals surface area contributed by atoms with E-state index < -0.39 is 6.10 Å². The number of nitrogens with zero attached hydrogens (tertiary/aromatic N) is 3. The third kappa shape index (κ3) is 3.21. The third-order valence-electron chi connectivity index (χ3n) is 3.83. The first kappa shape index (κ1) is 16.3. The maximum atomic E-state index is 9.64. The predicted octanol–water partition coefficient (Wildman–Crippen LogP) is 4.19. The van der Waals surface area contributed by atoms with Crippen LogP contribution in [0.3, 0.4) is 0 Å². The van der Waals surface area contributed by atoms with Crippen LogP contribution in [-0.2, 0) is 0 Å². The Labute approximate surface area is 145 Å². The number of nitriles is 1. The molecule has 0 saturated carbocycles. The van der Waals surface area contributed by atoms with E-state index in [0.29, 0.717) is 5.69 Å². The van der Waals surface area contributed by atoms with E-state index in [0.717, 1.165) is 22.5 Å². The molecule has 1 heterocycles. The molecule has 2 aromatic carbocycles. The van der Waals surface area contributed by atoms with Gasteiger partial charge in [-0.05, 0) is 43.0 Å². The number of hydrogen-bond acceptors (Lipinski definition) is 4. The summed E-state index contributed by atoms with van der Waals surface area (Å²) in [7, 11) is 0. The molecule has 0 aliphatic rings. The van der Waals surface area contributed by atoms with Gasteiger partial charge in [-0.3, -0.25) is 0 Å². The Morgan fingerprint density at radius 2 is 1.79 bits per heavy atom. The highest BCUT2D eigenvalue weighted by atomic mass is 32.2. The molecule has 1 N–H and O–H groups in total. The van der Waals surface area contributed by atoms with Gasteiger partial charge in [0, 0.05) is 16.5 Å². The lowest BCUT2D eigenvalue weighted by molar-refractivity contribution is 0.199. The van der Waals surface area contributed by atoms with Gasteiger partial charge in [0.2, 0.25) is 0 Å². The molecule has 1 unspecified atom stereocenters. The van der Waals surface area contributed by atoms with Gasteiger partial charge < -0.3 is 5.11 Å². The highest BCUT2D eigenvalue weighted by Gasteiger charge is 2.12. The van der Waals surface area contributed by atoms with E-state index in [-0.39, 0.29) is 0 Å². The number of aliphatic hydroxyl groups excluding tert-OH is 1. The van der Waals surface area contributed by atoms with Crippen molar-refractivity contribution in [3.05, 3.63) is 65.9 Å². The summed E-state index contributed by atoms with van der Waals surface area (Å²) in [5, 5.41) is 23.2. The average molecular weight is 335 g/mol. The molecular weight excluding hydrogens is 318 g/mol. The summed E-state index contributed by atoms with van der Waals surface area (Å²) in [5.74, 6) is 0. The Hall–Kier alpha value is -2.55. The topological polar surface area (TPSA) is 61.8 Å². The van der Waals surface area contributed by atoms with E-state index in [1.807, 2.05) is 42.7 Å². The minimum atomic E-state index is -0.509. The van der Waals surface area contributed by atoms with Gasteiger partial charge in [-0.1, -0.05) is 24.3 Å². The zero-order valence-corrected chi connectivity index (χ0v) is 14.3. The monoisotopic (exact) mass is 335 g/mol. The van der Waals surface area contributed by atoms with Crippen LogP contribution >= 0.6 is 11.8 Å². The summed E-state index contributed by atoms with van der Waals surface area (Å²) in [6, 6.07) is 19.6. The zero-order chi connectivity index (χ0) is 17.1. The third-order valence-corrected chi connectivity index (χ3v) is 4.57. The van der Waals surface area contributed by atoms with Crippen molar-refractivity contribution < 1.29 is 5.11 Å². The van der Waals surface area contributed by atoms with Crippen molar-refractivity contribution in [1.29, 1.82) is 5.26 Å². The van der Waals surface area contributed by atoms with Crippen molar-refractivity contribution in [3.8, 4) is 23.0 Å². The molecule has 0 radical (unpaired) electrons. The molecule has 5 heteroatoms. The summed E-state index contributed by atoms with van der Waals surface area (Å²) in [6.07, 6.45) is 1.53. The summed E-state index contributed by atoms with van der Waals surface area (Å²) in [6.45, 7) is 1.73. The number of benzene rings is 2. The van der Waals surface area contributed by atoms with E-state index in [1.165, 1.54) is 4.90 Å².